The van der Waals surface area contributed by atoms with Gasteiger partial charge in [0.2, 0.25) is 0 Å². The Morgan fingerprint density at radius 1 is 1.00 bits per heavy atom. The van der Waals surface area contributed by atoms with Crippen molar-refractivity contribution in [2.45, 2.75) is 4.83 Å². The van der Waals surface area contributed by atoms with Gasteiger partial charge in [-0.05, 0) is 23.8 Å². The van der Waals surface area contributed by atoms with E-state index in [1.807, 2.05) is 30.3 Å². The topological polar surface area (TPSA) is 18.5 Å². The highest BCUT2D eigenvalue weighted by Crippen LogP contribution is 2.38. The number of methoxy groups -OCH3 is 2. The van der Waals surface area contributed by atoms with Gasteiger partial charge in [0.15, 0.2) is 0 Å². The molecule has 0 aliphatic rings. The van der Waals surface area contributed by atoms with E-state index in [9.17, 15) is 0 Å². The molecule has 2 aromatic carbocycles. The van der Waals surface area contributed by atoms with Crippen LogP contribution in [0.1, 0.15) is 16.0 Å². The van der Waals surface area contributed by atoms with Crippen molar-refractivity contribution in [3.63, 3.8) is 0 Å². The summed E-state index contributed by atoms with van der Waals surface area (Å²) in [7, 11) is 3.31. The van der Waals surface area contributed by atoms with Gasteiger partial charge in [-0.3, -0.25) is 0 Å². The molecular formula is C15H14Br2O2. The van der Waals surface area contributed by atoms with E-state index < -0.39 is 0 Å². The van der Waals surface area contributed by atoms with Crippen LogP contribution in [0.15, 0.2) is 46.9 Å². The Morgan fingerprint density at radius 3 is 2.42 bits per heavy atom. The van der Waals surface area contributed by atoms with Crippen LogP contribution in [-0.4, -0.2) is 14.2 Å². The van der Waals surface area contributed by atoms with Gasteiger partial charge in [-0.25, -0.2) is 0 Å². The quantitative estimate of drug-likeness (QED) is 0.693. The summed E-state index contributed by atoms with van der Waals surface area (Å²) in [5.74, 6) is 1.59. The molecule has 2 nitrogen and oxygen atoms in total. The number of ether oxygens (including phenoxy) is 2. The number of benzene rings is 2. The van der Waals surface area contributed by atoms with Crippen molar-refractivity contribution in [3.8, 4) is 11.5 Å². The fraction of sp³-hybridized carbons (Fsp3) is 0.200. The molecule has 1 atom stereocenters. The van der Waals surface area contributed by atoms with Crippen LogP contribution in [0.5, 0.6) is 11.5 Å². The number of halogens is 2. The maximum atomic E-state index is 5.44. The summed E-state index contributed by atoms with van der Waals surface area (Å²) in [6, 6.07) is 14.0. The lowest BCUT2D eigenvalue weighted by atomic mass is 10.0. The zero-order valence-electron chi connectivity index (χ0n) is 10.7. The highest BCUT2D eigenvalue weighted by atomic mass is 79.9. The van der Waals surface area contributed by atoms with E-state index in [2.05, 4.69) is 44.0 Å². The Labute approximate surface area is 130 Å². The SMILES string of the molecule is COc1ccc(C(Br)c2cccc(Br)c2)c(OC)c1. The second-order valence-corrected chi connectivity index (χ2v) is 5.86. The Balaban J connectivity index is 2.40. The van der Waals surface area contributed by atoms with Crippen LogP contribution in [-0.2, 0) is 0 Å². The Bertz CT molecular complexity index is 570. The van der Waals surface area contributed by atoms with Crippen molar-refractivity contribution in [1.29, 1.82) is 0 Å². The van der Waals surface area contributed by atoms with Crippen molar-refractivity contribution in [3.05, 3.63) is 58.1 Å². The molecule has 19 heavy (non-hydrogen) atoms. The van der Waals surface area contributed by atoms with Crippen molar-refractivity contribution in [2.24, 2.45) is 0 Å². The molecule has 0 heterocycles. The molecule has 0 spiro atoms. The maximum absolute atomic E-state index is 5.44. The highest BCUT2D eigenvalue weighted by Gasteiger charge is 2.16. The van der Waals surface area contributed by atoms with E-state index in [0.717, 1.165) is 27.1 Å². The zero-order valence-corrected chi connectivity index (χ0v) is 13.9. The van der Waals surface area contributed by atoms with Gasteiger partial charge in [-0.2, -0.15) is 0 Å². The van der Waals surface area contributed by atoms with Crippen LogP contribution in [0.4, 0.5) is 0 Å². The predicted molar refractivity (Wildman–Crippen MR) is 84.5 cm³/mol. The van der Waals surface area contributed by atoms with Gasteiger partial charge < -0.3 is 9.47 Å². The van der Waals surface area contributed by atoms with Crippen LogP contribution in [0.25, 0.3) is 0 Å². The number of rotatable bonds is 4. The lowest BCUT2D eigenvalue weighted by molar-refractivity contribution is 0.391. The molecule has 0 aliphatic heterocycles. The number of hydrogen-bond donors (Lipinski definition) is 0. The Morgan fingerprint density at radius 2 is 1.79 bits per heavy atom. The summed E-state index contributed by atoms with van der Waals surface area (Å²) in [6.45, 7) is 0. The highest BCUT2D eigenvalue weighted by molar-refractivity contribution is 9.10. The second kappa shape index (κ2) is 6.44. The van der Waals surface area contributed by atoms with Gasteiger partial charge in [-0.1, -0.05) is 50.1 Å². The minimum absolute atomic E-state index is 0.0749. The van der Waals surface area contributed by atoms with Gasteiger partial charge in [0, 0.05) is 16.1 Å². The van der Waals surface area contributed by atoms with Crippen LogP contribution in [0, 0.1) is 0 Å². The minimum atomic E-state index is 0.0749. The van der Waals surface area contributed by atoms with E-state index in [1.165, 1.54) is 0 Å². The predicted octanol–water partition coefficient (Wildman–Crippen LogP) is 4.95. The smallest absolute Gasteiger partial charge is 0.127 e. The molecule has 100 valence electrons. The Kier molecular flexibility index (Phi) is 4.88. The summed E-state index contributed by atoms with van der Waals surface area (Å²) < 4.78 is 11.7. The van der Waals surface area contributed by atoms with Gasteiger partial charge in [0.25, 0.3) is 0 Å². The molecule has 2 aromatic rings. The lowest BCUT2D eigenvalue weighted by Crippen LogP contribution is -1.98. The minimum Gasteiger partial charge on any atom is -0.497 e. The molecule has 0 radical (unpaired) electrons. The van der Waals surface area contributed by atoms with Crippen LogP contribution in [0.2, 0.25) is 0 Å². The first kappa shape index (κ1) is 14.4. The van der Waals surface area contributed by atoms with Crippen molar-refractivity contribution in [2.75, 3.05) is 14.2 Å². The zero-order chi connectivity index (χ0) is 13.8. The molecule has 0 saturated carbocycles. The molecule has 0 N–H and O–H groups in total. The summed E-state index contributed by atoms with van der Waals surface area (Å²) in [5, 5.41) is 0. The van der Waals surface area contributed by atoms with Gasteiger partial charge in [0.05, 0.1) is 19.0 Å². The van der Waals surface area contributed by atoms with E-state index in [4.69, 9.17) is 9.47 Å². The van der Waals surface area contributed by atoms with Crippen LogP contribution in [0.3, 0.4) is 0 Å². The Hall–Kier alpha value is -1.00. The first-order valence-corrected chi connectivity index (χ1v) is 7.48. The number of hydrogen-bond acceptors (Lipinski definition) is 2. The molecule has 0 saturated heterocycles. The third-order valence-electron chi connectivity index (χ3n) is 2.86. The largest absolute Gasteiger partial charge is 0.497 e. The molecule has 0 aliphatic carbocycles. The first-order chi connectivity index (χ1) is 9.15. The average molecular weight is 386 g/mol. The summed E-state index contributed by atoms with van der Waals surface area (Å²) in [5.41, 5.74) is 2.24. The molecule has 2 rings (SSSR count). The molecule has 4 heteroatoms. The normalized spacial score (nSPS) is 12.0. The molecular weight excluding hydrogens is 372 g/mol. The fourth-order valence-electron chi connectivity index (χ4n) is 1.87. The molecule has 0 fully saturated rings. The summed E-state index contributed by atoms with van der Waals surface area (Å²) >= 11 is 7.21. The molecule has 0 aromatic heterocycles. The van der Waals surface area contributed by atoms with Gasteiger partial charge >= 0.3 is 0 Å². The summed E-state index contributed by atoms with van der Waals surface area (Å²) in [4.78, 5) is 0.0749. The first-order valence-electron chi connectivity index (χ1n) is 5.77. The molecule has 1 unspecified atom stereocenters. The van der Waals surface area contributed by atoms with E-state index >= 15 is 0 Å². The maximum Gasteiger partial charge on any atom is 0.127 e. The van der Waals surface area contributed by atoms with Gasteiger partial charge in [-0.15, -0.1) is 0 Å². The van der Waals surface area contributed by atoms with Crippen molar-refractivity contribution >= 4 is 31.9 Å². The van der Waals surface area contributed by atoms with E-state index in [0.29, 0.717) is 0 Å². The van der Waals surface area contributed by atoms with Gasteiger partial charge in [0.1, 0.15) is 11.5 Å². The standard InChI is InChI=1S/C15H14Br2O2/c1-18-12-6-7-13(14(9-12)19-2)15(17)10-4-3-5-11(16)8-10/h3-9,15H,1-2H3. The third-order valence-corrected chi connectivity index (χ3v) is 4.37. The third kappa shape index (κ3) is 3.31. The van der Waals surface area contributed by atoms with Crippen molar-refractivity contribution < 1.29 is 9.47 Å². The van der Waals surface area contributed by atoms with E-state index in [1.54, 1.807) is 14.2 Å². The van der Waals surface area contributed by atoms with E-state index in [-0.39, 0.29) is 4.83 Å². The second-order valence-electron chi connectivity index (χ2n) is 4.03. The molecule has 0 bridgehead atoms. The lowest BCUT2D eigenvalue weighted by Gasteiger charge is -2.16. The summed E-state index contributed by atoms with van der Waals surface area (Å²) in [6.07, 6.45) is 0. The molecule has 0 amide bonds. The average Bonchev–Trinajstić information content (AvgIpc) is 2.45. The number of alkyl halides is 1. The van der Waals surface area contributed by atoms with Crippen LogP contribution < -0.4 is 9.47 Å². The van der Waals surface area contributed by atoms with Crippen LogP contribution >= 0.6 is 31.9 Å². The van der Waals surface area contributed by atoms with Crippen molar-refractivity contribution in [1.82, 2.24) is 0 Å². The monoisotopic (exact) mass is 384 g/mol. The fourth-order valence-corrected chi connectivity index (χ4v) is 2.95.